The average Bonchev–Trinajstić information content (AvgIpc) is 2.49. The summed E-state index contributed by atoms with van der Waals surface area (Å²) in [4.78, 5) is 4.05. The van der Waals surface area contributed by atoms with Gasteiger partial charge in [-0.15, -0.1) is 0 Å². The van der Waals surface area contributed by atoms with E-state index in [1.807, 2.05) is 36.7 Å². The summed E-state index contributed by atoms with van der Waals surface area (Å²) in [6.07, 6.45) is 6.14. The van der Waals surface area contributed by atoms with Gasteiger partial charge in [0.05, 0.1) is 0 Å². The van der Waals surface area contributed by atoms with Gasteiger partial charge in [0.25, 0.3) is 0 Å². The molecule has 2 heterocycles. The van der Waals surface area contributed by atoms with Crippen LogP contribution in [0.15, 0.2) is 48.8 Å². The number of hydrogen-bond donors (Lipinski definition) is 1. The first-order valence-corrected chi connectivity index (χ1v) is 6.80. The van der Waals surface area contributed by atoms with Crippen LogP contribution >= 0.6 is 0 Å². The molecule has 1 N–H and O–H groups in total. The molecule has 1 aromatic carbocycles. The second-order valence-corrected chi connectivity index (χ2v) is 4.83. The highest BCUT2D eigenvalue weighted by molar-refractivity contribution is 5.64. The van der Waals surface area contributed by atoms with Crippen molar-refractivity contribution >= 4 is 0 Å². The van der Waals surface area contributed by atoms with Crippen LogP contribution in [-0.4, -0.2) is 24.2 Å². The molecule has 19 heavy (non-hydrogen) atoms. The van der Waals surface area contributed by atoms with Crippen LogP contribution in [0.2, 0.25) is 0 Å². The van der Waals surface area contributed by atoms with Gasteiger partial charge >= 0.3 is 0 Å². The predicted molar refractivity (Wildman–Crippen MR) is 76.2 cm³/mol. The third-order valence-corrected chi connectivity index (χ3v) is 3.44. The number of hydrogen-bond acceptors (Lipinski definition) is 3. The van der Waals surface area contributed by atoms with Crippen molar-refractivity contribution in [2.75, 3.05) is 13.1 Å². The SMILES string of the molecule is c1cc(OC2CCNCC2)cc(-c2ccncc2)c1. The molecule has 1 saturated heterocycles. The Balaban J connectivity index is 1.76. The van der Waals surface area contributed by atoms with Crippen LogP contribution in [0.5, 0.6) is 5.75 Å². The van der Waals surface area contributed by atoms with E-state index in [2.05, 4.69) is 22.4 Å². The molecular formula is C16H18N2O. The molecular weight excluding hydrogens is 236 g/mol. The van der Waals surface area contributed by atoms with Gasteiger partial charge in [0.2, 0.25) is 0 Å². The summed E-state index contributed by atoms with van der Waals surface area (Å²) in [5, 5.41) is 3.35. The summed E-state index contributed by atoms with van der Waals surface area (Å²) in [6.45, 7) is 2.10. The van der Waals surface area contributed by atoms with Crippen molar-refractivity contribution in [1.82, 2.24) is 10.3 Å². The average molecular weight is 254 g/mol. The summed E-state index contributed by atoms with van der Waals surface area (Å²) in [7, 11) is 0. The third-order valence-electron chi connectivity index (χ3n) is 3.44. The van der Waals surface area contributed by atoms with Gasteiger partial charge in [0, 0.05) is 12.4 Å². The van der Waals surface area contributed by atoms with Crippen molar-refractivity contribution in [1.29, 1.82) is 0 Å². The lowest BCUT2D eigenvalue weighted by Gasteiger charge is -2.24. The van der Waals surface area contributed by atoms with E-state index in [-0.39, 0.29) is 0 Å². The third kappa shape index (κ3) is 3.12. The lowest BCUT2D eigenvalue weighted by molar-refractivity contribution is 0.162. The molecule has 98 valence electrons. The Bertz CT molecular complexity index is 521. The highest BCUT2D eigenvalue weighted by atomic mass is 16.5. The fourth-order valence-electron chi connectivity index (χ4n) is 2.40. The van der Waals surface area contributed by atoms with E-state index in [9.17, 15) is 0 Å². The first-order chi connectivity index (χ1) is 9.42. The van der Waals surface area contributed by atoms with Gasteiger partial charge in [-0.25, -0.2) is 0 Å². The minimum atomic E-state index is 0.342. The number of benzene rings is 1. The Kier molecular flexibility index (Phi) is 3.75. The van der Waals surface area contributed by atoms with E-state index in [4.69, 9.17) is 4.74 Å². The maximum absolute atomic E-state index is 6.06. The van der Waals surface area contributed by atoms with E-state index in [0.717, 1.165) is 31.7 Å². The van der Waals surface area contributed by atoms with Crippen molar-refractivity contribution in [2.45, 2.75) is 18.9 Å². The Morgan fingerprint density at radius 1 is 1.00 bits per heavy atom. The number of pyridine rings is 1. The van der Waals surface area contributed by atoms with Crippen LogP contribution in [-0.2, 0) is 0 Å². The van der Waals surface area contributed by atoms with E-state index in [1.54, 1.807) is 0 Å². The van der Waals surface area contributed by atoms with Gasteiger partial charge in [-0.05, 0) is 61.3 Å². The standard InChI is InChI=1S/C16H18N2O/c1-2-14(13-4-8-17-9-5-13)12-16(3-1)19-15-6-10-18-11-7-15/h1-5,8-9,12,15,18H,6-7,10-11H2. The van der Waals surface area contributed by atoms with Gasteiger partial charge in [0.15, 0.2) is 0 Å². The monoisotopic (exact) mass is 254 g/mol. The van der Waals surface area contributed by atoms with E-state index in [0.29, 0.717) is 6.10 Å². The second-order valence-electron chi connectivity index (χ2n) is 4.83. The fraction of sp³-hybridized carbons (Fsp3) is 0.312. The number of rotatable bonds is 3. The number of aromatic nitrogens is 1. The Morgan fingerprint density at radius 2 is 1.79 bits per heavy atom. The number of nitrogens with zero attached hydrogens (tertiary/aromatic N) is 1. The normalized spacial score (nSPS) is 16.2. The Morgan fingerprint density at radius 3 is 2.58 bits per heavy atom. The second kappa shape index (κ2) is 5.85. The topological polar surface area (TPSA) is 34.1 Å². The summed E-state index contributed by atoms with van der Waals surface area (Å²) in [5.41, 5.74) is 2.35. The summed E-state index contributed by atoms with van der Waals surface area (Å²) < 4.78 is 6.06. The first-order valence-electron chi connectivity index (χ1n) is 6.80. The molecule has 0 atom stereocenters. The van der Waals surface area contributed by atoms with Crippen LogP contribution in [0.4, 0.5) is 0 Å². The van der Waals surface area contributed by atoms with Gasteiger partial charge in [0.1, 0.15) is 11.9 Å². The van der Waals surface area contributed by atoms with E-state index in [1.165, 1.54) is 11.1 Å². The molecule has 1 aromatic heterocycles. The molecule has 0 amide bonds. The molecule has 3 nitrogen and oxygen atoms in total. The number of ether oxygens (including phenoxy) is 1. The van der Waals surface area contributed by atoms with Crippen LogP contribution < -0.4 is 10.1 Å². The molecule has 3 heteroatoms. The summed E-state index contributed by atoms with van der Waals surface area (Å²) in [6, 6.07) is 12.3. The number of nitrogens with one attached hydrogen (secondary N) is 1. The zero-order valence-electron chi connectivity index (χ0n) is 10.9. The van der Waals surface area contributed by atoms with Crippen LogP contribution in [0.1, 0.15) is 12.8 Å². The quantitative estimate of drug-likeness (QED) is 0.914. The highest BCUT2D eigenvalue weighted by Crippen LogP contribution is 2.24. The van der Waals surface area contributed by atoms with Crippen LogP contribution in [0, 0.1) is 0 Å². The fourth-order valence-corrected chi connectivity index (χ4v) is 2.40. The molecule has 1 aliphatic rings. The maximum Gasteiger partial charge on any atom is 0.120 e. The van der Waals surface area contributed by atoms with Crippen LogP contribution in [0.25, 0.3) is 11.1 Å². The van der Waals surface area contributed by atoms with Crippen molar-refractivity contribution < 1.29 is 4.74 Å². The molecule has 0 aliphatic carbocycles. The zero-order valence-corrected chi connectivity index (χ0v) is 10.9. The Hall–Kier alpha value is -1.87. The van der Waals surface area contributed by atoms with Crippen molar-refractivity contribution in [3.8, 4) is 16.9 Å². The predicted octanol–water partition coefficient (Wildman–Crippen LogP) is 2.88. The molecule has 0 saturated carbocycles. The maximum atomic E-state index is 6.06. The first kappa shape index (κ1) is 12.2. The zero-order chi connectivity index (χ0) is 12.9. The largest absolute Gasteiger partial charge is 0.490 e. The van der Waals surface area contributed by atoms with Gasteiger partial charge < -0.3 is 10.1 Å². The molecule has 0 unspecified atom stereocenters. The molecule has 3 rings (SSSR count). The molecule has 0 bridgehead atoms. The van der Waals surface area contributed by atoms with Gasteiger partial charge in [-0.1, -0.05) is 12.1 Å². The van der Waals surface area contributed by atoms with Crippen molar-refractivity contribution in [3.05, 3.63) is 48.8 Å². The minimum Gasteiger partial charge on any atom is -0.490 e. The number of piperidine rings is 1. The van der Waals surface area contributed by atoms with Crippen LogP contribution in [0.3, 0.4) is 0 Å². The summed E-state index contributed by atoms with van der Waals surface area (Å²) in [5.74, 6) is 0.959. The molecule has 2 aromatic rings. The van der Waals surface area contributed by atoms with Crippen molar-refractivity contribution in [3.63, 3.8) is 0 Å². The highest BCUT2D eigenvalue weighted by Gasteiger charge is 2.14. The van der Waals surface area contributed by atoms with Gasteiger partial charge in [-0.3, -0.25) is 4.98 Å². The minimum absolute atomic E-state index is 0.342. The smallest absolute Gasteiger partial charge is 0.120 e. The van der Waals surface area contributed by atoms with Gasteiger partial charge in [-0.2, -0.15) is 0 Å². The lowest BCUT2D eigenvalue weighted by atomic mass is 10.1. The van der Waals surface area contributed by atoms with E-state index >= 15 is 0 Å². The molecule has 0 radical (unpaired) electrons. The Labute approximate surface area is 113 Å². The van der Waals surface area contributed by atoms with Crippen molar-refractivity contribution in [2.24, 2.45) is 0 Å². The molecule has 0 spiro atoms. The molecule has 1 aliphatic heterocycles. The van der Waals surface area contributed by atoms with E-state index < -0.39 is 0 Å². The summed E-state index contributed by atoms with van der Waals surface area (Å²) >= 11 is 0. The molecule has 1 fully saturated rings. The lowest BCUT2D eigenvalue weighted by Crippen LogP contribution is -2.34.